The van der Waals surface area contributed by atoms with Crippen LogP contribution >= 0.6 is 11.3 Å². The number of nitrogens with zero attached hydrogens (tertiary/aromatic N) is 2. The molecule has 3 nitrogen and oxygen atoms in total. The number of thiophene rings is 1. The summed E-state index contributed by atoms with van der Waals surface area (Å²) in [6.07, 6.45) is 1.85. The number of hydrogen-bond acceptors (Lipinski definition) is 4. The van der Waals surface area contributed by atoms with Gasteiger partial charge in [-0.3, -0.25) is 9.88 Å². The van der Waals surface area contributed by atoms with E-state index in [0.29, 0.717) is 6.54 Å². The minimum absolute atomic E-state index is 0.636. The van der Waals surface area contributed by atoms with E-state index in [0.717, 1.165) is 25.3 Å². The van der Waals surface area contributed by atoms with Crippen molar-refractivity contribution in [2.45, 2.75) is 26.6 Å². The van der Waals surface area contributed by atoms with Gasteiger partial charge in [0.1, 0.15) is 0 Å². The molecule has 0 spiro atoms. The van der Waals surface area contributed by atoms with E-state index in [9.17, 15) is 0 Å². The first-order chi connectivity index (χ1) is 8.81. The van der Waals surface area contributed by atoms with Gasteiger partial charge in [-0.15, -0.1) is 11.3 Å². The van der Waals surface area contributed by atoms with E-state index in [1.807, 2.05) is 18.3 Å². The molecule has 0 atom stereocenters. The molecule has 0 aliphatic rings. The predicted octanol–water partition coefficient (Wildman–Crippen LogP) is 2.62. The lowest BCUT2D eigenvalue weighted by Crippen LogP contribution is -2.22. The molecule has 2 aromatic heterocycles. The summed E-state index contributed by atoms with van der Waals surface area (Å²) < 4.78 is 0. The second kappa shape index (κ2) is 6.64. The quantitative estimate of drug-likeness (QED) is 0.869. The summed E-state index contributed by atoms with van der Waals surface area (Å²) in [4.78, 5) is 9.37. The molecule has 0 aliphatic carbocycles. The fourth-order valence-corrected chi connectivity index (χ4v) is 2.78. The zero-order chi connectivity index (χ0) is 12.8. The highest BCUT2D eigenvalue weighted by Crippen LogP contribution is 2.18. The first kappa shape index (κ1) is 13.2. The first-order valence-electron chi connectivity index (χ1n) is 6.21. The average Bonchev–Trinajstić information content (AvgIpc) is 2.87. The zero-order valence-electron chi connectivity index (χ0n) is 10.7. The van der Waals surface area contributed by atoms with Gasteiger partial charge in [0.2, 0.25) is 0 Å². The van der Waals surface area contributed by atoms with Crippen LogP contribution in [0, 0.1) is 0 Å². The Hall–Kier alpha value is -1.23. The third-order valence-corrected chi connectivity index (χ3v) is 3.95. The van der Waals surface area contributed by atoms with E-state index in [1.54, 1.807) is 11.3 Å². The highest BCUT2D eigenvalue weighted by molar-refractivity contribution is 7.11. The number of aromatic nitrogens is 1. The Morgan fingerprint density at radius 3 is 2.61 bits per heavy atom. The maximum absolute atomic E-state index is 5.64. The lowest BCUT2D eigenvalue weighted by Gasteiger charge is -2.18. The van der Waals surface area contributed by atoms with Gasteiger partial charge in [-0.25, -0.2) is 0 Å². The molecule has 4 heteroatoms. The molecule has 0 fully saturated rings. The highest BCUT2D eigenvalue weighted by atomic mass is 32.1. The summed E-state index contributed by atoms with van der Waals surface area (Å²) in [5.41, 5.74) is 6.76. The van der Waals surface area contributed by atoms with Crippen molar-refractivity contribution in [1.82, 2.24) is 9.88 Å². The van der Waals surface area contributed by atoms with E-state index in [-0.39, 0.29) is 0 Å². The molecule has 0 saturated carbocycles. The van der Waals surface area contributed by atoms with Crippen molar-refractivity contribution in [2.75, 3.05) is 6.54 Å². The molecule has 0 saturated heterocycles. The maximum atomic E-state index is 5.64. The lowest BCUT2D eigenvalue weighted by atomic mass is 10.3. The molecule has 2 heterocycles. The lowest BCUT2D eigenvalue weighted by molar-refractivity contribution is 0.270. The topological polar surface area (TPSA) is 42.2 Å². The van der Waals surface area contributed by atoms with Crippen molar-refractivity contribution in [1.29, 1.82) is 0 Å². The van der Waals surface area contributed by atoms with Crippen LogP contribution in [0.2, 0.25) is 0 Å². The van der Waals surface area contributed by atoms with Crippen molar-refractivity contribution in [2.24, 2.45) is 5.73 Å². The standard InChI is InChI=1S/C14H19N3S/c1-2-17(10-12-5-3-4-8-16-12)11-14-7-6-13(9-15)18-14/h3-8H,2,9-11,15H2,1H3. The van der Waals surface area contributed by atoms with E-state index in [1.165, 1.54) is 9.75 Å². The highest BCUT2D eigenvalue weighted by Gasteiger charge is 2.07. The largest absolute Gasteiger partial charge is 0.326 e. The van der Waals surface area contributed by atoms with E-state index >= 15 is 0 Å². The first-order valence-corrected chi connectivity index (χ1v) is 7.03. The molecule has 2 rings (SSSR count). The number of pyridine rings is 1. The number of rotatable bonds is 6. The Morgan fingerprint density at radius 1 is 1.17 bits per heavy atom. The second-order valence-corrected chi connectivity index (χ2v) is 5.45. The van der Waals surface area contributed by atoms with Gasteiger partial charge in [0.05, 0.1) is 5.69 Å². The molecule has 18 heavy (non-hydrogen) atoms. The summed E-state index contributed by atoms with van der Waals surface area (Å²) in [7, 11) is 0. The van der Waals surface area contributed by atoms with Crippen LogP contribution in [-0.4, -0.2) is 16.4 Å². The minimum atomic E-state index is 0.636. The predicted molar refractivity (Wildman–Crippen MR) is 76.2 cm³/mol. The monoisotopic (exact) mass is 261 g/mol. The molecule has 0 amide bonds. The third-order valence-electron chi connectivity index (χ3n) is 2.86. The second-order valence-electron chi connectivity index (χ2n) is 4.20. The minimum Gasteiger partial charge on any atom is -0.326 e. The van der Waals surface area contributed by atoms with Crippen molar-refractivity contribution >= 4 is 11.3 Å². The van der Waals surface area contributed by atoms with Crippen LogP contribution in [0.4, 0.5) is 0 Å². The fourth-order valence-electron chi connectivity index (χ4n) is 1.84. The van der Waals surface area contributed by atoms with Crippen LogP contribution in [0.25, 0.3) is 0 Å². The molecular formula is C14H19N3S. The Balaban J connectivity index is 1.97. The number of nitrogens with two attached hydrogens (primary N) is 1. The Kier molecular flexibility index (Phi) is 4.87. The van der Waals surface area contributed by atoms with Gasteiger partial charge in [-0.2, -0.15) is 0 Å². The van der Waals surface area contributed by atoms with Crippen molar-refractivity contribution < 1.29 is 0 Å². The summed E-state index contributed by atoms with van der Waals surface area (Å²) >= 11 is 1.80. The van der Waals surface area contributed by atoms with E-state index in [2.05, 4.69) is 35.0 Å². The van der Waals surface area contributed by atoms with Gasteiger partial charge in [0.15, 0.2) is 0 Å². The zero-order valence-corrected chi connectivity index (χ0v) is 11.5. The van der Waals surface area contributed by atoms with Gasteiger partial charge >= 0.3 is 0 Å². The Labute approximate surface area is 112 Å². The normalized spacial score (nSPS) is 11.1. The molecule has 0 aliphatic heterocycles. The summed E-state index contributed by atoms with van der Waals surface area (Å²) in [6.45, 7) is 5.70. The molecule has 0 aromatic carbocycles. The molecule has 2 aromatic rings. The summed E-state index contributed by atoms with van der Waals surface area (Å²) in [6, 6.07) is 10.4. The Bertz CT molecular complexity index is 467. The van der Waals surface area contributed by atoms with Gasteiger partial charge in [-0.1, -0.05) is 13.0 Å². The van der Waals surface area contributed by atoms with Crippen LogP contribution in [0.5, 0.6) is 0 Å². The fraction of sp³-hybridized carbons (Fsp3) is 0.357. The van der Waals surface area contributed by atoms with Crippen molar-refractivity contribution in [3.63, 3.8) is 0 Å². The van der Waals surface area contributed by atoms with E-state index < -0.39 is 0 Å². The SMILES string of the molecule is CCN(Cc1ccccn1)Cc1ccc(CN)s1. The third kappa shape index (κ3) is 3.63. The van der Waals surface area contributed by atoms with Gasteiger partial charge in [0.25, 0.3) is 0 Å². The van der Waals surface area contributed by atoms with Gasteiger partial charge in [0, 0.05) is 35.6 Å². The Morgan fingerprint density at radius 2 is 2.00 bits per heavy atom. The molecule has 0 unspecified atom stereocenters. The maximum Gasteiger partial charge on any atom is 0.0544 e. The van der Waals surface area contributed by atoms with Gasteiger partial charge < -0.3 is 5.73 Å². The molecule has 0 bridgehead atoms. The van der Waals surface area contributed by atoms with Crippen molar-refractivity contribution in [3.05, 3.63) is 52.0 Å². The molecule has 0 radical (unpaired) electrons. The molecule has 96 valence electrons. The van der Waals surface area contributed by atoms with Crippen LogP contribution in [0.3, 0.4) is 0 Å². The molecule has 2 N–H and O–H groups in total. The van der Waals surface area contributed by atoms with E-state index in [4.69, 9.17) is 5.73 Å². The van der Waals surface area contributed by atoms with Crippen LogP contribution < -0.4 is 5.73 Å². The van der Waals surface area contributed by atoms with Gasteiger partial charge in [-0.05, 0) is 30.8 Å². The van der Waals surface area contributed by atoms with Crippen LogP contribution in [0.1, 0.15) is 22.4 Å². The molecular weight excluding hydrogens is 242 g/mol. The van der Waals surface area contributed by atoms with Crippen LogP contribution in [-0.2, 0) is 19.6 Å². The smallest absolute Gasteiger partial charge is 0.0544 e. The summed E-state index contributed by atoms with van der Waals surface area (Å²) in [5.74, 6) is 0. The number of hydrogen-bond donors (Lipinski definition) is 1. The summed E-state index contributed by atoms with van der Waals surface area (Å²) in [5, 5.41) is 0. The average molecular weight is 261 g/mol. The van der Waals surface area contributed by atoms with Crippen molar-refractivity contribution in [3.8, 4) is 0 Å². The van der Waals surface area contributed by atoms with Crippen LogP contribution in [0.15, 0.2) is 36.5 Å².